The number of nitrogens with zero attached hydrogens (tertiary/aromatic N) is 4. The number of aliphatic carboxylic acids is 1. The number of carbonyl (C=O) groups is 1. The molecular weight excluding hydrogens is 484 g/mol. The molecule has 0 saturated heterocycles. The summed E-state index contributed by atoms with van der Waals surface area (Å²) in [7, 11) is 1.50. The van der Waals surface area contributed by atoms with Crippen molar-refractivity contribution in [3.63, 3.8) is 0 Å². The first-order chi connectivity index (χ1) is 17.4. The van der Waals surface area contributed by atoms with Gasteiger partial charge in [0.05, 0.1) is 24.5 Å². The summed E-state index contributed by atoms with van der Waals surface area (Å²) in [5.41, 5.74) is 2.71. The zero-order valence-corrected chi connectivity index (χ0v) is 20.3. The van der Waals surface area contributed by atoms with Gasteiger partial charge in [-0.15, -0.1) is 5.10 Å². The summed E-state index contributed by atoms with van der Waals surface area (Å²) in [5.74, 6) is -1.68. The maximum absolute atomic E-state index is 12.8. The lowest BCUT2D eigenvalue weighted by atomic mass is 9.93. The first-order valence-corrected chi connectivity index (χ1v) is 11.8. The Hall–Kier alpha value is -3.82. The van der Waals surface area contributed by atoms with Gasteiger partial charge in [0, 0.05) is 18.3 Å². The summed E-state index contributed by atoms with van der Waals surface area (Å²) in [5, 5.41) is 29.0. The molecule has 0 bridgehead atoms. The van der Waals surface area contributed by atoms with Crippen molar-refractivity contribution in [2.45, 2.75) is 31.9 Å². The van der Waals surface area contributed by atoms with Crippen LogP contribution in [0.2, 0.25) is 5.15 Å². The molecule has 4 aromatic rings. The second-order valence-electron chi connectivity index (χ2n) is 8.38. The van der Waals surface area contributed by atoms with Crippen molar-refractivity contribution in [3.05, 3.63) is 81.9 Å². The number of hydrogen-bond acceptors (Lipinski definition) is 7. The van der Waals surface area contributed by atoms with Crippen LogP contribution in [0.15, 0.2) is 65.6 Å². The zero-order chi connectivity index (χ0) is 25.7. The second kappa shape index (κ2) is 11.3. The first kappa shape index (κ1) is 25.3. The highest BCUT2D eigenvalue weighted by Crippen LogP contribution is 2.26. The maximum Gasteiger partial charge on any atom is 0.309 e. The summed E-state index contributed by atoms with van der Waals surface area (Å²) in [6.07, 6.45) is 1.29. The lowest BCUT2D eigenvalue weighted by Gasteiger charge is -2.19. The molecule has 2 atom stereocenters. The standard InChI is InChI=1S/C26H25ClN4O5/c1-36-18-9-10-22-21(15-18)25(33)31(30-29-22)14-12-20(26(34)35)23(32)11-6-16-4-7-17(8-5-16)19-3-2-13-28-24(19)27/h2-5,7-10,13,15,20,23,32H,6,11-12,14H2,1H3,(H,34,35)/t20-,23+/m0/s1. The molecule has 186 valence electrons. The van der Waals surface area contributed by atoms with Gasteiger partial charge in [0.15, 0.2) is 0 Å². The van der Waals surface area contributed by atoms with E-state index in [1.54, 1.807) is 24.4 Å². The molecule has 2 N–H and O–H groups in total. The summed E-state index contributed by atoms with van der Waals surface area (Å²) in [6, 6.07) is 16.2. The molecule has 10 heteroatoms. The zero-order valence-electron chi connectivity index (χ0n) is 19.5. The van der Waals surface area contributed by atoms with Crippen molar-refractivity contribution in [3.8, 4) is 16.9 Å². The number of carboxylic acid groups (broad SMARTS) is 1. The number of methoxy groups -OCH3 is 1. The highest BCUT2D eigenvalue weighted by Gasteiger charge is 2.26. The Labute approximate surface area is 212 Å². The molecule has 0 aliphatic rings. The molecule has 0 spiro atoms. The highest BCUT2D eigenvalue weighted by atomic mass is 35.5. The van der Waals surface area contributed by atoms with Crippen molar-refractivity contribution in [2.75, 3.05) is 7.11 Å². The van der Waals surface area contributed by atoms with Crippen LogP contribution in [-0.2, 0) is 17.8 Å². The van der Waals surface area contributed by atoms with Gasteiger partial charge >= 0.3 is 5.97 Å². The number of fused-ring (bicyclic) bond motifs is 1. The molecule has 9 nitrogen and oxygen atoms in total. The van der Waals surface area contributed by atoms with E-state index in [0.29, 0.717) is 28.2 Å². The van der Waals surface area contributed by atoms with Crippen LogP contribution in [0, 0.1) is 5.92 Å². The molecule has 0 unspecified atom stereocenters. The Kier molecular flexibility index (Phi) is 7.92. The van der Waals surface area contributed by atoms with Crippen LogP contribution in [0.25, 0.3) is 22.0 Å². The summed E-state index contributed by atoms with van der Waals surface area (Å²) in [4.78, 5) is 28.7. The third-order valence-corrected chi connectivity index (χ3v) is 6.42. The van der Waals surface area contributed by atoms with Gasteiger partial charge in [-0.1, -0.05) is 41.1 Å². The largest absolute Gasteiger partial charge is 0.497 e. The van der Waals surface area contributed by atoms with Crippen molar-refractivity contribution < 1.29 is 19.7 Å². The van der Waals surface area contributed by atoms with Crippen LogP contribution in [0.5, 0.6) is 5.75 Å². The molecule has 4 rings (SSSR count). The number of pyridine rings is 1. The molecule has 2 heterocycles. The number of hydrogen-bond donors (Lipinski definition) is 2. The van der Waals surface area contributed by atoms with Crippen LogP contribution in [0.4, 0.5) is 0 Å². The average Bonchev–Trinajstić information content (AvgIpc) is 2.89. The minimum Gasteiger partial charge on any atom is -0.497 e. The first-order valence-electron chi connectivity index (χ1n) is 11.4. The van der Waals surface area contributed by atoms with Gasteiger partial charge in [0.2, 0.25) is 0 Å². The topological polar surface area (TPSA) is 127 Å². The number of ether oxygens (including phenoxy) is 1. The van der Waals surface area contributed by atoms with Crippen LogP contribution >= 0.6 is 11.6 Å². The van der Waals surface area contributed by atoms with E-state index in [2.05, 4.69) is 15.3 Å². The summed E-state index contributed by atoms with van der Waals surface area (Å²) in [6.45, 7) is 0.00752. The predicted octanol–water partition coefficient (Wildman–Crippen LogP) is 3.60. The molecule has 36 heavy (non-hydrogen) atoms. The third kappa shape index (κ3) is 5.69. The molecule has 0 saturated carbocycles. The Morgan fingerprint density at radius 3 is 2.61 bits per heavy atom. The summed E-state index contributed by atoms with van der Waals surface area (Å²) < 4.78 is 6.28. The third-order valence-electron chi connectivity index (χ3n) is 6.12. The van der Waals surface area contributed by atoms with Gasteiger partial charge in [0.25, 0.3) is 5.56 Å². The smallest absolute Gasteiger partial charge is 0.309 e. The monoisotopic (exact) mass is 508 g/mol. The van der Waals surface area contributed by atoms with Crippen LogP contribution in [0.3, 0.4) is 0 Å². The van der Waals surface area contributed by atoms with E-state index in [1.807, 2.05) is 36.4 Å². The fourth-order valence-corrected chi connectivity index (χ4v) is 4.27. The van der Waals surface area contributed by atoms with Crippen LogP contribution in [-0.4, -0.2) is 49.4 Å². The van der Waals surface area contributed by atoms with Crippen LogP contribution in [0.1, 0.15) is 18.4 Å². The van der Waals surface area contributed by atoms with Crippen molar-refractivity contribution >= 4 is 28.5 Å². The van der Waals surface area contributed by atoms with Gasteiger partial charge in [-0.2, -0.15) is 0 Å². The predicted molar refractivity (Wildman–Crippen MR) is 135 cm³/mol. The summed E-state index contributed by atoms with van der Waals surface area (Å²) >= 11 is 6.16. The van der Waals surface area contributed by atoms with E-state index in [-0.39, 0.29) is 19.4 Å². The van der Waals surface area contributed by atoms with Crippen LogP contribution < -0.4 is 10.3 Å². The highest BCUT2D eigenvalue weighted by molar-refractivity contribution is 6.32. The fraction of sp³-hybridized carbons (Fsp3) is 0.269. The molecule has 2 aromatic heterocycles. The molecule has 2 aromatic carbocycles. The normalized spacial score (nSPS) is 12.9. The van der Waals surface area contributed by atoms with E-state index in [4.69, 9.17) is 16.3 Å². The Bertz CT molecular complexity index is 1420. The van der Waals surface area contributed by atoms with Gasteiger partial charge < -0.3 is 14.9 Å². The molecule has 0 aliphatic heterocycles. The van der Waals surface area contributed by atoms with Gasteiger partial charge in [-0.3, -0.25) is 9.59 Å². The molecule has 0 aliphatic carbocycles. The Balaban J connectivity index is 1.40. The van der Waals surface area contributed by atoms with Crippen molar-refractivity contribution in [1.29, 1.82) is 0 Å². The maximum atomic E-state index is 12.8. The lowest BCUT2D eigenvalue weighted by Crippen LogP contribution is -2.32. The Morgan fingerprint density at radius 2 is 1.92 bits per heavy atom. The molecular formula is C26H25ClN4O5. The number of rotatable bonds is 10. The SMILES string of the molecule is COc1ccc2nnn(CC[C@H](C(=O)O)[C@H](O)CCc3ccc(-c4cccnc4Cl)cc3)c(=O)c2c1. The van der Waals surface area contributed by atoms with E-state index < -0.39 is 23.6 Å². The van der Waals surface area contributed by atoms with Gasteiger partial charge in [-0.05, 0) is 60.7 Å². The number of aryl methyl sites for hydroxylation is 2. The molecule has 0 fully saturated rings. The lowest BCUT2D eigenvalue weighted by molar-refractivity contribution is -0.146. The van der Waals surface area contributed by atoms with E-state index in [0.717, 1.165) is 21.4 Å². The quantitative estimate of drug-likeness (QED) is 0.311. The average molecular weight is 509 g/mol. The van der Waals surface area contributed by atoms with E-state index in [1.165, 1.54) is 7.11 Å². The van der Waals surface area contributed by atoms with Crippen molar-refractivity contribution in [2.24, 2.45) is 5.92 Å². The number of carboxylic acids is 1. The minimum atomic E-state index is -1.13. The second-order valence-corrected chi connectivity index (χ2v) is 8.74. The van der Waals surface area contributed by atoms with Gasteiger partial charge in [-0.25, -0.2) is 9.67 Å². The number of halogens is 1. The molecule has 0 radical (unpaired) electrons. The van der Waals surface area contributed by atoms with Crippen molar-refractivity contribution in [1.82, 2.24) is 20.0 Å². The fourth-order valence-electron chi connectivity index (χ4n) is 4.04. The number of aliphatic hydroxyl groups excluding tert-OH is 1. The number of aromatic nitrogens is 4. The van der Waals surface area contributed by atoms with Gasteiger partial charge in [0.1, 0.15) is 16.4 Å². The van der Waals surface area contributed by atoms with E-state index in [9.17, 15) is 19.8 Å². The number of benzene rings is 2. The minimum absolute atomic E-state index is 0.00752. The molecule has 0 amide bonds. The van der Waals surface area contributed by atoms with E-state index >= 15 is 0 Å². The number of aliphatic hydroxyl groups is 1. The Morgan fingerprint density at radius 1 is 1.14 bits per heavy atom.